The van der Waals surface area contributed by atoms with Gasteiger partial charge in [-0.25, -0.2) is 0 Å². The van der Waals surface area contributed by atoms with Crippen LogP contribution in [0.15, 0.2) is 48.5 Å². The monoisotopic (exact) mass is 382 g/mol. The summed E-state index contributed by atoms with van der Waals surface area (Å²) in [4.78, 5) is 24.2. The molecule has 1 fully saturated rings. The van der Waals surface area contributed by atoms with Gasteiger partial charge in [-0.2, -0.15) is 0 Å². The van der Waals surface area contributed by atoms with Crippen LogP contribution in [-0.4, -0.2) is 31.1 Å². The average Bonchev–Trinajstić information content (AvgIpc) is 2.70. The second-order valence-electron chi connectivity index (χ2n) is 6.92. The zero-order chi connectivity index (χ0) is 19.9. The first-order valence-electron chi connectivity index (χ1n) is 9.55. The van der Waals surface area contributed by atoms with Crippen molar-refractivity contribution < 1.29 is 19.1 Å². The predicted octanol–water partition coefficient (Wildman–Crippen LogP) is 3.69. The topological polar surface area (TPSA) is 76.7 Å². The van der Waals surface area contributed by atoms with Crippen LogP contribution in [0.4, 0.5) is 5.69 Å². The van der Waals surface area contributed by atoms with Crippen molar-refractivity contribution in [3.63, 3.8) is 0 Å². The highest BCUT2D eigenvalue weighted by Gasteiger charge is 2.19. The lowest BCUT2D eigenvalue weighted by molar-refractivity contribution is -0.114. The van der Waals surface area contributed by atoms with Crippen LogP contribution >= 0.6 is 0 Å². The molecule has 0 unspecified atom stereocenters. The van der Waals surface area contributed by atoms with Gasteiger partial charge in [0.15, 0.2) is 0 Å². The molecule has 0 saturated carbocycles. The summed E-state index contributed by atoms with van der Waals surface area (Å²) in [5.41, 5.74) is 2.04. The molecule has 2 N–H and O–H groups in total. The molecule has 3 rings (SSSR count). The summed E-state index contributed by atoms with van der Waals surface area (Å²) >= 11 is 0. The van der Waals surface area contributed by atoms with Gasteiger partial charge >= 0.3 is 0 Å². The number of amides is 2. The molecule has 2 amide bonds. The van der Waals surface area contributed by atoms with Gasteiger partial charge in [0.25, 0.3) is 5.91 Å². The number of carbonyl (C=O) groups excluding carboxylic acids is 2. The Morgan fingerprint density at radius 1 is 1.11 bits per heavy atom. The Hall–Kier alpha value is -2.86. The van der Waals surface area contributed by atoms with Gasteiger partial charge in [0.2, 0.25) is 5.91 Å². The maximum atomic E-state index is 12.7. The Morgan fingerprint density at radius 3 is 2.50 bits per heavy atom. The number of hydrogen-bond donors (Lipinski definition) is 2. The van der Waals surface area contributed by atoms with Crippen LogP contribution in [0.2, 0.25) is 0 Å². The van der Waals surface area contributed by atoms with E-state index in [9.17, 15) is 9.59 Å². The summed E-state index contributed by atoms with van der Waals surface area (Å²) in [6, 6.07) is 15.0. The molecule has 0 radical (unpaired) electrons. The number of nitrogens with one attached hydrogen (secondary N) is 2. The highest BCUT2D eigenvalue weighted by molar-refractivity contribution is 5.97. The summed E-state index contributed by atoms with van der Waals surface area (Å²) < 4.78 is 11.4. The van der Waals surface area contributed by atoms with Crippen LogP contribution in [0, 0.1) is 0 Å². The lowest BCUT2D eigenvalue weighted by Gasteiger charge is -2.23. The fourth-order valence-corrected chi connectivity index (χ4v) is 3.15. The molecule has 1 aliphatic rings. The van der Waals surface area contributed by atoms with E-state index in [2.05, 4.69) is 10.6 Å². The van der Waals surface area contributed by atoms with Gasteiger partial charge in [0.05, 0.1) is 5.69 Å². The number of benzene rings is 2. The van der Waals surface area contributed by atoms with Crippen LogP contribution < -0.4 is 15.4 Å². The fourth-order valence-electron chi connectivity index (χ4n) is 3.15. The smallest absolute Gasteiger partial charge is 0.251 e. The summed E-state index contributed by atoms with van der Waals surface area (Å²) in [7, 11) is 0. The standard InChI is InChI=1S/C22H26N2O4/c1-15(17-6-4-3-5-7-17)28-21-14-18(8-9-20(21)23-16(2)25)22(26)24-19-10-12-27-13-11-19/h3-9,14-15,19H,10-13H2,1-2H3,(H,23,25)(H,24,26)/t15-/m1/s1. The van der Waals surface area contributed by atoms with Crippen molar-refractivity contribution in [1.82, 2.24) is 5.32 Å². The van der Waals surface area contributed by atoms with E-state index >= 15 is 0 Å². The molecule has 2 aromatic rings. The van der Waals surface area contributed by atoms with Crippen LogP contribution in [-0.2, 0) is 9.53 Å². The Bertz CT molecular complexity index is 817. The zero-order valence-corrected chi connectivity index (χ0v) is 16.2. The van der Waals surface area contributed by atoms with Crippen molar-refractivity contribution in [3.8, 4) is 5.75 Å². The maximum Gasteiger partial charge on any atom is 0.251 e. The van der Waals surface area contributed by atoms with E-state index in [1.165, 1.54) is 6.92 Å². The predicted molar refractivity (Wildman–Crippen MR) is 108 cm³/mol. The minimum absolute atomic E-state index is 0.115. The number of ether oxygens (including phenoxy) is 2. The molecule has 28 heavy (non-hydrogen) atoms. The SMILES string of the molecule is CC(=O)Nc1ccc(C(=O)NC2CCOCC2)cc1O[C@H](C)c1ccccc1. The molecule has 0 bridgehead atoms. The zero-order valence-electron chi connectivity index (χ0n) is 16.2. The summed E-state index contributed by atoms with van der Waals surface area (Å²) in [5.74, 6) is 0.112. The molecule has 6 heteroatoms. The molecule has 148 valence electrons. The third-order valence-corrected chi connectivity index (χ3v) is 4.68. The quantitative estimate of drug-likeness (QED) is 0.799. The normalized spacial score (nSPS) is 15.5. The Labute approximate surface area is 165 Å². The van der Waals surface area contributed by atoms with Crippen molar-refractivity contribution >= 4 is 17.5 Å². The third kappa shape index (κ3) is 5.33. The lowest BCUT2D eigenvalue weighted by Crippen LogP contribution is -2.38. The third-order valence-electron chi connectivity index (χ3n) is 4.68. The molecule has 1 saturated heterocycles. The van der Waals surface area contributed by atoms with Gasteiger partial charge in [0, 0.05) is 31.7 Å². The molecule has 1 atom stereocenters. The van der Waals surface area contributed by atoms with Crippen LogP contribution in [0.3, 0.4) is 0 Å². The first-order valence-corrected chi connectivity index (χ1v) is 9.55. The largest absolute Gasteiger partial charge is 0.484 e. The average molecular weight is 382 g/mol. The molecule has 0 aromatic heterocycles. The van der Waals surface area contributed by atoms with Gasteiger partial charge < -0.3 is 20.1 Å². The van der Waals surface area contributed by atoms with E-state index < -0.39 is 0 Å². The van der Waals surface area contributed by atoms with E-state index in [4.69, 9.17) is 9.47 Å². The lowest BCUT2D eigenvalue weighted by atomic mass is 10.1. The molecular weight excluding hydrogens is 356 g/mol. The van der Waals surface area contributed by atoms with Crippen LogP contribution in [0.1, 0.15) is 48.7 Å². The highest BCUT2D eigenvalue weighted by Crippen LogP contribution is 2.30. The summed E-state index contributed by atoms with van der Waals surface area (Å²) in [5, 5.41) is 5.81. The van der Waals surface area contributed by atoms with E-state index in [1.807, 2.05) is 37.3 Å². The minimum atomic E-state index is -0.234. The molecule has 1 aliphatic heterocycles. The minimum Gasteiger partial charge on any atom is -0.484 e. The van der Waals surface area contributed by atoms with Crippen LogP contribution in [0.5, 0.6) is 5.75 Å². The van der Waals surface area contributed by atoms with Crippen molar-refractivity contribution in [1.29, 1.82) is 0 Å². The highest BCUT2D eigenvalue weighted by atomic mass is 16.5. The Morgan fingerprint density at radius 2 is 1.82 bits per heavy atom. The van der Waals surface area contributed by atoms with Gasteiger partial charge in [-0.1, -0.05) is 30.3 Å². The second-order valence-corrected chi connectivity index (χ2v) is 6.92. The maximum absolute atomic E-state index is 12.7. The van der Waals surface area contributed by atoms with E-state index in [0.717, 1.165) is 18.4 Å². The Balaban J connectivity index is 1.79. The van der Waals surface area contributed by atoms with Gasteiger partial charge in [-0.3, -0.25) is 9.59 Å². The number of hydrogen-bond acceptors (Lipinski definition) is 4. The molecule has 0 spiro atoms. The second kappa shape index (κ2) is 9.37. The van der Waals surface area contributed by atoms with Crippen molar-refractivity contribution in [2.45, 2.75) is 38.8 Å². The molecule has 1 heterocycles. The fraction of sp³-hybridized carbons (Fsp3) is 0.364. The molecule has 0 aliphatic carbocycles. The van der Waals surface area contributed by atoms with Crippen molar-refractivity contribution in [2.24, 2.45) is 0 Å². The van der Waals surface area contributed by atoms with Crippen molar-refractivity contribution in [3.05, 3.63) is 59.7 Å². The molecular formula is C22H26N2O4. The molecule has 2 aromatic carbocycles. The van der Waals surface area contributed by atoms with Gasteiger partial charge in [0.1, 0.15) is 11.9 Å². The number of anilines is 1. The van der Waals surface area contributed by atoms with Crippen LogP contribution in [0.25, 0.3) is 0 Å². The first-order chi connectivity index (χ1) is 13.5. The van der Waals surface area contributed by atoms with E-state index in [0.29, 0.717) is 30.2 Å². The van der Waals surface area contributed by atoms with E-state index in [1.54, 1.807) is 18.2 Å². The first kappa shape index (κ1) is 19.9. The number of carbonyl (C=O) groups is 2. The van der Waals surface area contributed by atoms with E-state index in [-0.39, 0.29) is 24.0 Å². The van der Waals surface area contributed by atoms with Gasteiger partial charge in [-0.05, 0) is 43.5 Å². The Kier molecular flexibility index (Phi) is 6.66. The summed E-state index contributed by atoms with van der Waals surface area (Å²) in [6.45, 7) is 4.70. The number of rotatable bonds is 6. The summed E-state index contributed by atoms with van der Waals surface area (Å²) in [6.07, 6.45) is 1.39. The molecule has 6 nitrogen and oxygen atoms in total. The van der Waals surface area contributed by atoms with Crippen molar-refractivity contribution in [2.75, 3.05) is 18.5 Å². The van der Waals surface area contributed by atoms with Gasteiger partial charge in [-0.15, -0.1) is 0 Å².